The Morgan fingerprint density at radius 2 is 1.95 bits per heavy atom. The Morgan fingerprint density at radius 3 is 2.68 bits per heavy atom. The molecule has 6 heteroatoms. The van der Waals surface area contributed by atoms with E-state index >= 15 is 0 Å². The van der Waals surface area contributed by atoms with Gasteiger partial charge in [0.15, 0.2) is 5.82 Å². The van der Waals surface area contributed by atoms with Crippen LogP contribution in [-0.2, 0) is 0 Å². The number of anilines is 1. The van der Waals surface area contributed by atoms with Gasteiger partial charge in [-0.2, -0.15) is 5.10 Å². The summed E-state index contributed by atoms with van der Waals surface area (Å²) in [4.78, 5) is 15.4. The van der Waals surface area contributed by atoms with Crippen molar-refractivity contribution in [2.75, 3.05) is 18.0 Å². The summed E-state index contributed by atoms with van der Waals surface area (Å²) in [5.74, 6) is 3.09. The van der Waals surface area contributed by atoms with Gasteiger partial charge in [-0.3, -0.25) is 5.10 Å². The molecule has 0 bridgehead atoms. The number of aryl methyl sites for hydroxylation is 1. The van der Waals surface area contributed by atoms with E-state index in [4.69, 9.17) is 0 Å². The summed E-state index contributed by atoms with van der Waals surface area (Å²) in [6.07, 6.45) is 1.63. The van der Waals surface area contributed by atoms with Crippen molar-refractivity contribution in [1.29, 1.82) is 0 Å². The molecule has 22 heavy (non-hydrogen) atoms. The Labute approximate surface area is 128 Å². The minimum Gasteiger partial charge on any atom is -0.355 e. The van der Waals surface area contributed by atoms with Gasteiger partial charge in [0.2, 0.25) is 0 Å². The van der Waals surface area contributed by atoms with Gasteiger partial charge in [0.05, 0.1) is 11.6 Å². The second-order valence-corrected chi connectivity index (χ2v) is 5.51. The Bertz CT molecular complexity index is 776. The summed E-state index contributed by atoms with van der Waals surface area (Å²) >= 11 is 0. The van der Waals surface area contributed by atoms with Crippen LogP contribution in [-0.4, -0.2) is 38.2 Å². The van der Waals surface area contributed by atoms with E-state index in [1.807, 2.05) is 31.2 Å². The number of aromatic nitrogens is 5. The molecule has 6 nitrogen and oxygen atoms in total. The topological polar surface area (TPSA) is 70.6 Å². The molecule has 0 atom stereocenters. The first kappa shape index (κ1) is 12.9. The van der Waals surface area contributed by atoms with Gasteiger partial charge in [0.25, 0.3) is 0 Å². The molecule has 0 aliphatic carbocycles. The van der Waals surface area contributed by atoms with E-state index in [0.717, 1.165) is 41.8 Å². The molecular formula is C16H16N6. The molecule has 2 aromatic heterocycles. The lowest BCUT2D eigenvalue weighted by Crippen LogP contribution is -2.46. The number of benzene rings is 1. The van der Waals surface area contributed by atoms with E-state index in [1.54, 1.807) is 6.33 Å². The molecule has 0 radical (unpaired) electrons. The first-order valence-electron chi connectivity index (χ1n) is 7.31. The fraction of sp³-hybridized carbons (Fsp3) is 0.250. The number of hydrogen-bond acceptors (Lipinski definition) is 5. The van der Waals surface area contributed by atoms with Crippen LogP contribution >= 0.6 is 0 Å². The van der Waals surface area contributed by atoms with Crippen LogP contribution in [0.25, 0.3) is 11.3 Å². The maximum atomic E-state index is 4.40. The molecule has 1 aliphatic heterocycles. The molecule has 0 amide bonds. The van der Waals surface area contributed by atoms with Crippen molar-refractivity contribution in [3.05, 3.63) is 54.4 Å². The van der Waals surface area contributed by atoms with E-state index in [0.29, 0.717) is 5.92 Å². The quantitative estimate of drug-likeness (QED) is 0.801. The Kier molecular flexibility index (Phi) is 3.07. The third kappa shape index (κ3) is 2.32. The van der Waals surface area contributed by atoms with E-state index in [9.17, 15) is 0 Å². The molecular weight excluding hydrogens is 276 g/mol. The minimum absolute atomic E-state index is 0.375. The van der Waals surface area contributed by atoms with Crippen LogP contribution in [0.3, 0.4) is 0 Å². The highest BCUT2D eigenvalue weighted by atomic mass is 15.3. The van der Waals surface area contributed by atoms with E-state index in [2.05, 4.69) is 42.2 Å². The van der Waals surface area contributed by atoms with Crippen molar-refractivity contribution in [2.45, 2.75) is 12.8 Å². The molecule has 3 heterocycles. The van der Waals surface area contributed by atoms with Crippen LogP contribution in [0.2, 0.25) is 0 Å². The van der Waals surface area contributed by atoms with E-state index < -0.39 is 0 Å². The highest BCUT2D eigenvalue weighted by Gasteiger charge is 2.32. The van der Waals surface area contributed by atoms with Crippen molar-refractivity contribution in [2.24, 2.45) is 0 Å². The van der Waals surface area contributed by atoms with Gasteiger partial charge in [-0.1, -0.05) is 30.3 Å². The average molecular weight is 292 g/mol. The van der Waals surface area contributed by atoms with Gasteiger partial charge in [-0.25, -0.2) is 15.0 Å². The molecule has 1 aromatic carbocycles. The predicted molar refractivity (Wildman–Crippen MR) is 83.5 cm³/mol. The Hall–Kier alpha value is -2.76. The minimum atomic E-state index is 0.375. The lowest BCUT2D eigenvalue weighted by Gasteiger charge is -2.38. The number of nitrogens with one attached hydrogen (secondary N) is 1. The maximum Gasteiger partial charge on any atom is 0.157 e. The zero-order chi connectivity index (χ0) is 14.9. The molecule has 0 unspecified atom stereocenters. The number of rotatable bonds is 3. The molecule has 0 saturated carbocycles. The molecule has 3 aromatic rings. The predicted octanol–water partition coefficient (Wildman–Crippen LogP) is 2.17. The van der Waals surface area contributed by atoms with Crippen LogP contribution in [0.15, 0.2) is 42.7 Å². The standard InChI is InChI=1S/C16H16N6/c1-11-19-16(21-20-11)13-8-22(9-13)15-7-14(17-10-18-15)12-5-3-2-4-6-12/h2-7,10,13H,8-9H2,1H3,(H,19,20,21). The molecule has 1 aliphatic rings. The SMILES string of the molecule is Cc1nc(C2CN(c3cc(-c4ccccc4)ncn3)C2)n[nH]1. The van der Waals surface area contributed by atoms with Crippen molar-refractivity contribution in [1.82, 2.24) is 25.1 Å². The highest BCUT2D eigenvalue weighted by Crippen LogP contribution is 2.30. The van der Waals surface area contributed by atoms with Crippen LogP contribution in [0, 0.1) is 6.92 Å². The fourth-order valence-corrected chi connectivity index (χ4v) is 2.66. The monoisotopic (exact) mass is 292 g/mol. The molecule has 1 N–H and O–H groups in total. The average Bonchev–Trinajstić information content (AvgIpc) is 2.93. The number of nitrogens with zero attached hydrogens (tertiary/aromatic N) is 5. The number of hydrogen-bond donors (Lipinski definition) is 1. The summed E-state index contributed by atoms with van der Waals surface area (Å²) in [5.41, 5.74) is 2.05. The smallest absolute Gasteiger partial charge is 0.157 e. The van der Waals surface area contributed by atoms with Gasteiger partial charge < -0.3 is 4.90 Å². The first-order chi connectivity index (χ1) is 10.8. The third-order valence-electron chi connectivity index (χ3n) is 3.91. The van der Waals surface area contributed by atoms with Gasteiger partial charge >= 0.3 is 0 Å². The van der Waals surface area contributed by atoms with Gasteiger partial charge in [0.1, 0.15) is 18.0 Å². The zero-order valence-electron chi connectivity index (χ0n) is 12.3. The van der Waals surface area contributed by atoms with Crippen molar-refractivity contribution in [3.63, 3.8) is 0 Å². The molecule has 0 spiro atoms. The van der Waals surface area contributed by atoms with Crippen molar-refractivity contribution < 1.29 is 0 Å². The number of aromatic amines is 1. The van der Waals surface area contributed by atoms with Gasteiger partial charge in [-0.15, -0.1) is 0 Å². The summed E-state index contributed by atoms with van der Waals surface area (Å²) < 4.78 is 0. The van der Waals surface area contributed by atoms with E-state index in [-0.39, 0.29) is 0 Å². The Morgan fingerprint density at radius 1 is 1.14 bits per heavy atom. The summed E-state index contributed by atoms with van der Waals surface area (Å²) in [5, 5.41) is 7.13. The summed E-state index contributed by atoms with van der Waals surface area (Å²) in [7, 11) is 0. The van der Waals surface area contributed by atoms with Crippen LogP contribution in [0.5, 0.6) is 0 Å². The Balaban J connectivity index is 1.51. The largest absolute Gasteiger partial charge is 0.355 e. The molecule has 1 fully saturated rings. The number of H-pyrrole nitrogens is 1. The summed E-state index contributed by atoms with van der Waals surface area (Å²) in [6.45, 7) is 3.70. The van der Waals surface area contributed by atoms with Crippen LogP contribution in [0.4, 0.5) is 5.82 Å². The zero-order valence-corrected chi connectivity index (χ0v) is 12.3. The van der Waals surface area contributed by atoms with Crippen molar-refractivity contribution >= 4 is 5.82 Å². The molecule has 110 valence electrons. The lowest BCUT2D eigenvalue weighted by molar-refractivity contribution is 0.497. The van der Waals surface area contributed by atoms with Gasteiger partial charge in [-0.05, 0) is 6.92 Å². The van der Waals surface area contributed by atoms with Crippen molar-refractivity contribution in [3.8, 4) is 11.3 Å². The third-order valence-corrected chi connectivity index (χ3v) is 3.91. The normalized spacial score (nSPS) is 14.9. The summed E-state index contributed by atoms with van der Waals surface area (Å²) in [6, 6.07) is 12.2. The van der Waals surface area contributed by atoms with Crippen LogP contribution in [0.1, 0.15) is 17.6 Å². The second-order valence-electron chi connectivity index (χ2n) is 5.51. The molecule has 4 rings (SSSR count). The second kappa shape index (κ2) is 5.22. The maximum absolute atomic E-state index is 4.40. The van der Waals surface area contributed by atoms with E-state index in [1.165, 1.54) is 0 Å². The highest BCUT2D eigenvalue weighted by molar-refractivity contribution is 5.62. The fourth-order valence-electron chi connectivity index (χ4n) is 2.66. The molecule has 1 saturated heterocycles. The lowest BCUT2D eigenvalue weighted by atomic mass is 9.99. The van der Waals surface area contributed by atoms with Crippen LogP contribution < -0.4 is 4.90 Å². The van der Waals surface area contributed by atoms with Gasteiger partial charge in [0, 0.05) is 24.7 Å². The first-order valence-corrected chi connectivity index (χ1v) is 7.31.